The zero-order valence-corrected chi connectivity index (χ0v) is 11.4. The van der Waals surface area contributed by atoms with Gasteiger partial charge in [0, 0.05) is 5.69 Å². The second kappa shape index (κ2) is 5.42. The van der Waals surface area contributed by atoms with E-state index in [4.69, 9.17) is 5.73 Å². The van der Waals surface area contributed by atoms with Crippen molar-refractivity contribution in [2.75, 3.05) is 11.4 Å². The number of hydrogen-bond donors (Lipinski definition) is 1. The fraction of sp³-hybridized carbons (Fsp3) is 0.533. The van der Waals surface area contributed by atoms with E-state index in [1.54, 1.807) is 0 Å². The maximum Gasteiger partial charge on any atom is 0.196 e. The Morgan fingerprint density at radius 2 is 2.00 bits per heavy atom. The van der Waals surface area contributed by atoms with Gasteiger partial charge in [-0.3, -0.25) is 4.99 Å². The molecule has 1 aliphatic heterocycles. The molecular formula is C15H23N3. The molecule has 3 nitrogen and oxygen atoms in total. The zero-order valence-electron chi connectivity index (χ0n) is 11.4. The van der Waals surface area contributed by atoms with Crippen LogP contribution in [0.5, 0.6) is 0 Å². The summed E-state index contributed by atoms with van der Waals surface area (Å²) >= 11 is 0. The first-order valence-electron chi connectivity index (χ1n) is 6.82. The molecule has 1 aliphatic rings. The van der Waals surface area contributed by atoms with Crippen LogP contribution in [0.4, 0.5) is 5.69 Å². The second-order valence-electron chi connectivity index (χ2n) is 5.30. The normalized spacial score (nSPS) is 23.2. The number of nitrogens with two attached hydrogens (primary N) is 1. The lowest BCUT2D eigenvalue weighted by Crippen LogP contribution is -2.49. The van der Waals surface area contributed by atoms with Crippen molar-refractivity contribution in [2.24, 2.45) is 10.7 Å². The summed E-state index contributed by atoms with van der Waals surface area (Å²) in [4.78, 5) is 6.64. The summed E-state index contributed by atoms with van der Waals surface area (Å²) in [5.41, 5.74) is 7.26. The maximum absolute atomic E-state index is 6.07. The second-order valence-corrected chi connectivity index (χ2v) is 5.30. The maximum atomic E-state index is 6.07. The smallest absolute Gasteiger partial charge is 0.196 e. The Morgan fingerprint density at radius 3 is 2.67 bits per heavy atom. The molecule has 2 N–H and O–H groups in total. The Kier molecular flexibility index (Phi) is 3.90. The highest BCUT2D eigenvalue weighted by molar-refractivity contribution is 5.98. The molecule has 1 heterocycles. The minimum Gasteiger partial charge on any atom is -0.369 e. The van der Waals surface area contributed by atoms with E-state index in [1.807, 2.05) is 18.2 Å². The third kappa shape index (κ3) is 2.50. The van der Waals surface area contributed by atoms with Crippen LogP contribution >= 0.6 is 0 Å². The monoisotopic (exact) mass is 245 g/mol. The van der Waals surface area contributed by atoms with Crippen LogP contribution in [0.25, 0.3) is 0 Å². The molecule has 0 radical (unpaired) electrons. The lowest BCUT2D eigenvalue weighted by Gasteiger charge is -2.36. The molecule has 0 bridgehead atoms. The number of rotatable bonds is 5. The van der Waals surface area contributed by atoms with Crippen LogP contribution in [-0.2, 0) is 0 Å². The third-order valence-electron chi connectivity index (χ3n) is 3.68. The van der Waals surface area contributed by atoms with Gasteiger partial charge in [0.05, 0.1) is 12.1 Å². The average Bonchev–Trinajstić information content (AvgIpc) is 2.67. The molecule has 1 unspecified atom stereocenters. The van der Waals surface area contributed by atoms with Crippen molar-refractivity contribution < 1.29 is 0 Å². The standard InChI is InChI=1S/C15H23N3/c1-3-4-8-11-15(2)12-17-14(16)18(15)13-9-6-5-7-10-13/h5-7,9-10H,3-4,8,11-12H2,1-2H3,(H2,16,17). The number of nitrogens with zero attached hydrogens (tertiary/aromatic N) is 2. The topological polar surface area (TPSA) is 41.6 Å². The van der Waals surface area contributed by atoms with Gasteiger partial charge in [0.1, 0.15) is 0 Å². The van der Waals surface area contributed by atoms with Crippen LogP contribution in [0.3, 0.4) is 0 Å². The fourth-order valence-corrected chi connectivity index (χ4v) is 2.64. The van der Waals surface area contributed by atoms with E-state index >= 15 is 0 Å². The molecule has 1 atom stereocenters. The Balaban J connectivity index is 2.16. The van der Waals surface area contributed by atoms with E-state index in [-0.39, 0.29) is 5.54 Å². The van der Waals surface area contributed by atoms with Crippen molar-refractivity contribution in [2.45, 2.75) is 45.1 Å². The largest absolute Gasteiger partial charge is 0.369 e. The number of unbranched alkanes of at least 4 members (excludes halogenated alkanes) is 2. The van der Waals surface area contributed by atoms with Gasteiger partial charge in [-0.25, -0.2) is 0 Å². The molecule has 0 fully saturated rings. The number of guanidine groups is 1. The van der Waals surface area contributed by atoms with E-state index in [1.165, 1.54) is 19.3 Å². The summed E-state index contributed by atoms with van der Waals surface area (Å²) in [6.07, 6.45) is 4.90. The lowest BCUT2D eigenvalue weighted by molar-refractivity contribution is 0.438. The van der Waals surface area contributed by atoms with Crippen molar-refractivity contribution in [1.29, 1.82) is 0 Å². The highest BCUT2D eigenvalue weighted by atomic mass is 15.4. The van der Waals surface area contributed by atoms with E-state index in [0.717, 1.165) is 18.7 Å². The van der Waals surface area contributed by atoms with Gasteiger partial charge in [-0.05, 0) is 25.5 Å². The van der Waals surface area contributed by atoms with E-state index in [9.17, 15) is 0 Å². The third-order valence-corrected chi connectivity index (χ3v) is 3.68. The first kappa shape index (κ1) is 12.9. The van der Waals surface area contributed by atoms with E-state index in [0.29, 0.717) is 5.96 Å². The van der Waals surface area contributed by atoms with Crippen LogP contribution in [0.15, 0.2) is 35.3 Å². The Labute approximate surface area is 110 Å². The molecule has 18 heavy (non-hydrogen) atoms. The fourth-order valence-electron chi connectivity index (χ4n) is 2.64. The molecule has 0 aliphatic carbocycles. The van der Waals surface area contributed by atoms with Gasteiger partial charge in [0.15, 0.2) is 5.96 Å². The molecule has 0 spiro atoms. The number of para-hydroxylation sites is 1. The van der Waals surface area contributed by atoms with Crippen molar-refractivity contribution in [3.63, 3.8) is 0 Å². The van der Waals surface area contributed by atoms with Gasteiger partial charge in [-0.2, -0.15) is 0 Å². The predicted molar refractivity (Wildman–Crippen MR) is 78.0 cm³/mol. The summed E-state index contributed by atoms with van der Waals surface area (Å²) < 4.78 is 0. The van der Waals surface area contributed by atoms with Gasteiger partial charge in [0.25, 0.3) is 0 Å². The Morgan fingerprint density at radius 1 is 1.28 bits per heavy atom. The number of benzene rings is 1. The van der Waals surface area contributed by atoms with Gasteiger partial charge >= 0.3 is 0 Å². The van der Waals surface area contributed by atoms with Gasteiger partial charge in [0.2, 0.25) is 0 Å². The van der Waals surface area contributed by atoms with Crippen molar-refractivity contribution >= 4 is 11.6 Å². The SMILES string of the molecule is CCCCCC1(C)CN=C(N)N1c1ccccc1. The Hall–Kier alpha value is -1.51. The molecule has 1 aromatic carbocycles. The van der Waals surface area contributed by atoms with Crippen LogP contribution < -0.4 is 10.6 Å². The number of hydrogen-bond acceptors (Lipinski definition) is 3. The minimum absolute atomic E-state index is 0.0423. The zero-order chi connectivity index (χ0) is 13.0. The summed E-state index contributed by atoms with van der Waals surface area (Å²) in [7, 11) is 0. The van der Waals surface area contributed by atoms with Gasteiger partial charge in [-0.15, -0.1) is 0 Å². The van der Waals surface area contributed by atoms with Gasteiger partial charge < -0.3 is 10.6 Å². The van der Waals surface area contributed by atoms with E-state index < -0.39 is 0 Å². The predicted octanol–water partition coefficient (Wildman–Crippen LogP) is 3.16. The number of anilines is 1. The molecular weight excluding hydrogens is 222 g/mol. The Bertz CT molecular complexity index is 413. The molecule has 0 amide bonds. The summed E-state index contributed by atoms with van der Waals surface area (Å²) in [6, 6.07) is 10.3. The molecule has 3 heteroatoms. The molecule has 0 saturated carbocycles. The molecule has 98 valence electrons. The number of aliphatic imine (C=N–C) groups is 1. The van der Waals surface area contributed by atoms with Crippen LogP contribution in [0, 0.1) is 0 Å². The molecule has 1 aromatic rings. The molecule has 0 aromatic heterocycles. The van der Waals surface area contributed by atoms with Crippen molar-refractivity contribution in [3.8, 4) is 0 Å². The van der Waals surface area contributed by atoms with Crippen molar-refractivity contribution in [3.05, 3.63) is 30.3 Å². The summed E-state index contributed by atoms with van der Waals surface area (Å²) in [6.45, 7) is 5.30. The summed E-state index contributed by atoms with van der Waals surface area (Å²) in [5.74, 6) is 0.653. The summed E-state index contributed by atoms with van der Waals surface area (Å²) in [5, 5.41) is 0. The van der Waals surface area contributed by atoms with Crippen LogP contribution in [-0.4, -0.2) is 18.0 Å². The molecule has 2 rings (SSSR count). The first-order chi connectivity index (χ1) is 8.67. The van der Waals surface area contributed by atoms with Gasteiger partial charge in [-0.1, -0.05) is 44.4 Å². The highest BCUT2D eigenvalue weighted by Gasteiger charge is 2.38. The van der Waals surface area contributed by atoms with E-state index in [2.05, 4.69) is 35.9 Å². The quantitative estimate of drug-likeness (QED) is 0.810. The van der Waals surface area contributed by atoms with Crippen molar-refractivity contribution in [1.82, 2.24) is 0 Å². The minimum atomic E-state index is 0.0423. The van der Waals surface area contributed by atoms with Crippen LogP contribution in [0.2, 0.25) is 0 Å². The lowest BCUT2D eigenvalue weighted by atomic mass is 9.93. The first-order valence-corrected chi connectivity index (χ1v) is 6.82. The molecule has 0 saturated heterocycles. The highest BCUT2D eigenvalue weighted by Crippen LogP contribution is 2.32. The average molecular weight is 245 g/mol. The van der Waals surface area contributed by atoms with Crippen LogP contribution in [0.1, 0.15) is 39.5 Å².